The van der Waals surface area contributed by atoms with Crippen LogP contribution in [0.1, 0.15) is 41.2 Å². The molecule has 2 atom stereocenters. The van der Waals surface area contributed by atoms with E-state index < -0.39 is 35.0 Å². The van der Waals surface area contributed by atoms with Crippen LogP contribution in [0.4, 0.5) is 4.39 Å². The number of hydrogen-bond donors (Lipinski definition) is 3. The van der Waals surface area contributed by atoms with Gasteiger partial charge in [-0.05, 0) is 36.6 Å². The molecule has 2 aliphatic heterocycles. The maximum absolute atomic E-state index is 14.5. The Morgan fingerprint density at radius 3 is 2.81 bits per heavy atom. The van der Waals surface area contributed by atoms with Gasteiger partial charge in [-0.2, -0.15) is 0 Å². The number of carbonyl (C=O) groups is 2. The minimum absolute atomic E-state index is 0.000985. The molecular formula is C26H22FN3O6. The number of ether oxygens (including phenoxy) is 1. The van der Waals surface area contributed by atoms with Gasteiger partial charge in [-0.25, -0.2) is 14.2 Å². The van der Waals surface area contributed by atoms with Crippen LogP contribution >= 0.6 is 0 Å². The average molecular weight is 491 g/mol. The van der Waals surface area contributed by atoms with Crippen LogP contribution in [-0.4, -0.2) is 37.7 Å². The molecule has 1 aromatic carbocycles. The number of esters is 1. The van der Waals surface area contributed by atoms with Crippen molar-refractivity contribution in [3.63, 3.8) is 0 Å². The molecule has 4 heterocycles. The number of pyridine rings is 2. The number of rotatable bonds is 4. The third kappa shape index (κ3) is 3.31. The smallest absolute Gasteiger partial charge is 0.343 e. The first-order valence-corrected chi connectivity index (χ1v) is 11.3. The van der Waals surface area contributed by atoms with Gasteiger partial charge in [0.05, 0.1) is 29.0 Å². The highest BCUT2D eigenvalue weighted by Gasteiger charge is 2.45. The Bertz CT molecular complexity index is 1590. The van der Waals surface area contributed by atoms with Gasteiger partial charge in [0.25, 0.3) is 11.5 Å². The average Bonchev–Trinajstić information content (AvgIpc) is 3.23. The van der Waals surface area contributed by atoms with Crippen molar-refractivity contribution in [2.75, 3.05) is 0 Å². The van der Waals surface area contributed by atoms with E-state index in [-0.39, 0.29) is 37.2 Å². The maximum Gasteiger partial charge on any atom is 0.343 e. The first-order valence-electron chi connectivity index (χ1n) is 11.3. The number of aliphatic hydroxyl groups is 2. The molecule has 3 aromatic rings. The summed E-state index contributed by atoms with van der Waals surface area (Å²) >= 11 is 0. The van der Waals surface area contributed by atoms with E-state index >= 15 is 0 Å². The number of nitrogens with one attached hydrogen (secondary N) is 1. The van der Waals surface area contributed by atoms with Gasteiger partial charge in [-0.1, -0.05) is 12.8 Å². The van der Waals surface area contributed by atoms with E-state index in [1.807, 2.05) is 5.92 Å². The van der Waals surface area contributed by atoms with Crippen molar-refractivity contribution in [1.82, 2.24) is 14.9 Å². The van der Waals surface area contributed by atoms with Crippen LogP contribution in [0.3, 0.4) is 0 Å². The summed E-state index contributed by atoms with van der Waals surface area (Å²) in [4.78, 5) is 42.6. The van der Waals surface area contributed by atoms with Crippen LogP contribution in [0, 0.1) is 25.1 Å². The van der Waals surface area contributed by atoms with Crippen molar-refractivity contribution in [3.8, 4) is 23.7 Å². The van der Waals surface area contributed by atoms with Gasteiger partial charge < -0.3 is 24.8 Å². The predicted octanol–water partition coefficient (Wildman–Crippen LogP) is 1.14. The predicted molar refractivity (Wildman–Crippen MR) is 126 cm³/mol. The molecule has 0 aliphatic carbocycles. The quantitative estimate of drug-likeness (QED) is 0.288. The maximum atomic E-state index is 14.5. The number of cyclic esters (lactones) is 1. The fourth-order valence-electron chi connectivity index (χ4n) is 4.84. The van der Waals surface area contributed by atoms with Crippen molar-refractivity contribution in [2.24, 2.45) is 0 Å². The molecule has 0 saturated carbocycles. The zero-order valence-corrected chi connectivity index (χ0v) is 19.5. The number of hydrogen-bond acceptors (Lipinski definition) is 7. The molecule has 5 rings (SSSR count). The Balaban J connectivity index is 1.74. The van der Waals surface area contributed by atoms with Gasteiger partial charge >= 0.3 is 5.97 Å². The van der Waals surface area contributed by atoms with Crippen molar-refractivity contribution in [3.05, 3.63) is 62.2 Å². The highest BCUT2D eigenvalue weighted by Crippen LogP contribution is 2.40. The van der Waals surface area contributed by atoms with Crippen molar-refractivity contribution in [1.29, 1.82) is 0 Å². The van der Waals surface area contributed by atoms with Gasteiger partial charge in [-0.15, -0.1) is 6.42 Å². The van der Waals surface area contributed by atoms with Crippen LogP contribution in [-0.2, 0) is 39.6 Å². The first-order chi connectivity index (χ1) is 17.1. The molecule has 3 N–H and O–H groups in total. The number of aromatic nitrogens is 2. The minimum atomic E-state index is -1.98. The molecule has 0 spiro atoms. The van der Waals surface area contributed by atoms with Crippen LogP contribution in [0.25, 0.3) is 22.3 Å². The Hall–Kier alpha value is -4.07. The number of terminal acetylenes is 1. The Morgan fingerprint density at radius 2 is 2.11 bits per heavy atom. The molecule has 184 valence electrons. The number of carbonyl (C=O) groups excluding carboxylic acids is 2. The summed E-state index contributed by atoms with van der Waals surface area (Å²) in [7, 11) is 0. The van der Waals surface area contributed by atoms with E-state index in [2.05, 4.69) is 10.3 Å². The molecule has 10 heteroatoms. The van der Waals surface area contributed by atoms with E-state index in [4.69, 9.17) is 11.2 Å². The summed E-state index contributed by atoms with van der Waals surface area (Å²) in [6.45, 7) is 2.98. The molecule has 2 aliphatic rings. The summed E-state index contributed by atoms with van der Waals surface area (Å²) in [5.74, 6) is -0.135. The lowest BCUT2D eigenvalue weighted by molar-refractivity contribution is -0.172. The Labute approximate surface area is 204 Å². The third-order valence-corrected chi connectivity index (χ3v) is 6.93. The lowest BCUT2D eigenvalue weighted by atomic mass is 9.86. The third-order valence-electron chi connectivity index (χ3n) is 6.93. The fourth-order valence-corrected chi connectivity index (χ4v) is 4.84. The summed E-state index contributed by atoms with van der Waals surface area (Å²) in [6, 6.07) is 4.43. The highest BCUT2D eigenvalue weighted by atomic mass is 19.1. The van der Waals surface area contributed by atoms with Gasteiger partial charge in [0.2, 0.25) is 0 Å². The van der Waals surface area contributed by atoms with Crippen LogP contribution in [0.5, 0.6) is 0 Å². The lowest BCUT2D eigenvalue weighted by Gasteiger charge is -2.31. The molecule has 0 unspecified atom stereocenters. The van der Waals surface area contributed by atoms with E-state index in [1.54, 1.807) is 26.0 Å². The molecule has 2 aromatic heterocycles. The second-order valence-electron chi connectivity index (χ2n) is 8.93. The van der Waals surface area contributed by atoms with E-state index in [0.29, 0.717) is 39.0 Å². The highest BCUT2D eigenvalue weighted by molar-refractivity contribution is 5.90. The lowest BCUT2D eigenvalue weighted by Crippen LogP contribution is -2.44. The normalized spacial score (nSPS) is 18.6. The number of amides is 1. The molecule has 1 amide bonds. The summed E-state index contributed by atoms with van der Waals surface area (Å²) < 4.78 is 21.0. The number of benzene rings is 1. The van der Waals surface area contributed by atoms with E-state index in [0.717, 1.165) is 0 Å². The summed E-state index contributed by atoms with van der Waals surface area (Å²) in [5.41, 5.74) is 0.486. The SMILES string of the molecule is C#C[C@@H](O)C(=O)NCc1c2c(nc3cc(F)c(C)cc13)-c1cc3c(c(=O)n1C2)COC(=O)[C@]3(O)CC. The summed E-state index contributed by atoms with van der Waals surface area (Å²) in [5, 5.41) is 23.9. The zero-order valence-electron chi connectivity index (χ0n) is 19.5. The minimum Gasteiger partial charge on any atom is -0.458 e. The van der Waals surface area contributed by atoms with Gasteiger partial charge in [0.1, 0.15) is 12.4 Å². The number of nitrogens with zero attached hydrogens (tertiary/aromatic N) is 2. The standard InChI is InChI=1S/C26H22FN3O6/c1-4-21(31)23(32)28-9-14-13-6-12(3)18(27)8-19(13)29-22-15(14)10-30-20(22)7-17-16(24(30)33)11-36-25(34)26(17,35)5-2/h1,6-8,21,31,35H,5,9-11H2,2-3H3,(H,28,32)/t21-,26+/m1/s1. The van der Waals surface area contributed by atoms with Crippen LogP contribution < -0.4 is 10.9 Å². The molecule has 0 bridgehead atoms. The Morgan fingerprint density at radius 1 is 1.36 bits per heavy atom. The largest absolute Gasteiger partial charge is 0.458 e. The second kappa shape index (κ2) is 8.26. The number of aliphatic hydroxyl groups excluding tert-OH is 1. The zero-order chi connectivity index (χ0) is 25.9. The van der Waals surface area contributed by atoms with Crippen LogP contribution in [0.2, 0.25) is 0 Å². The number of aryl methyl sites for hydroxylation is 1. The van der Waals surface area contributed by atoms with Crippen molar-refractivity contribution in [2.45, 2.75) is 51.7 Å². The second-order valence-corrected chi connectivity index (χ2v) is 8.93. The molecule has 0 saturated heterocycles. The van der Waals surface area contributed by atoms with Crippen molar-refractivity contribution >= 4 is 22.8 Å². The Kier molecular flexibility index (Phi) is 5.43. The van der Waals surface area contributed by atoms with E-state index in [9.17, 15) is 29.0 Å². The van der Waals surface area contributed by atoms with Gasteiger partial charge in [0, 0.05) is 29.1 Å². The van der Waals surface area contributed by atoms with Crippen LogP contribution in [0.15, 0.2) is 23.0 Å². The number of halogens is 1. The fraction of sp³-hybridized carbons (Fsp3) is 0.308. The van der Waals surface area contributed by atoms with Crippen molar-refractivity contribution < 1.29 is 28.9 Å². The molecule has 36 heavy (non-hydrogen) atoms. The van der Waals surface area contributed by atoms with Gasteiger partial charge in [0.15, 0.2) is 11.7 Å². The first kappa shape index (κ1) is 23.7. The molecular weight excluding hydrogens is 469 g/mol. The molecule has 9 nitrogen and oxygen atoms in total. The van der Waals surface area contributed by atoms with Gasteiger partial charge in [-0.3, -0.25) is 9.59 Å². The molecule has 0 fully saturated rings. The monoisotopic (exact) mass is 491 g/mol. The molecule has 0 radical (unpaired) electrons. The number of fused-ring (bicyclic) bond motifs is 5. The van der Waals surface area contributed by atoms with E-state index in [1.165, 1.54) is 10.6 Å². The topological polar surface area (TPSA) is 131 Å². The summed E-state index contributed by atoms with van der Waals surface area (Å²) in [6.07, 6.45) is 3.49.